The summed E-state index contributed by atoms with van der Waals surface area (Å²) in [6, 6.07) is 0. The Morgan fingerprint density at radius 3 is 2.50 bits per heavy atom. The van der Waals surface area contributed by atoms with E-state index < -0.39 is 70.6 Å². The Morgan fingerprint density at radius 1 is 1.22 bits per heavy atom. The standard InChI is InChI=1S/C23H31FO8/c1-11(25)32-10-16(28)22(31)7-5-13-17-19(30)18(29)14-8-12(26)4-6-20(14,2)23(17,24)15(27)9-21(13,22)3/h8,13,15,17-19,27,29-31H,4-7,9-10H2,1-3H3/t13-,15?,17+,18?,19?,20-,21-,22-,23+/m0/s1. The molecular weight excluding hydrogens is 423 g/mol. The van der Waals surface area contributed by atoms with Gasteiger partial charge in [-0.2, -0.15) is 0 Å². The third-order valence-corrected chi connectivity index (χ3v) is 9.15. The van der Waals surface area contributed by atoms with Gasteiger partial charge in [-0.05, 0) is 43.3 Å². The van der Waals surface area contributed by atoms with Gasteiger partial charge in [0.25, 0.3) is 0 Å². The number of carbonyl (C=O) groups excluding carboxylic acids is 3. The summed E-state index contributed by atoms with van der Waals surface area (Å²) in [5, 5.41) is 44.6. The van der Waals surface area contributed by atoms with Crippen LogP contribution in [0.5, 0.6) is 0 Å². The molecule has 0 bridgehead atoms. The second kappa shape index (κ2) is 7.16. The molecule has 0 aromatic carbocycles. The van der Waals surface area contributed by atoms with E-state index in [2.05, 4.69) is 0 Å². The average Bonchev–Trinajstić information content (AvgIpc) is 2.98. The Hall–Kier alpha value is -1.68. The van der Waals surface area contributed by atoms with Crippen LogP contribution in [0.15, 0.2) is 11.6 Å². The van der Waals surface area contributed by atoms with Crippen LogP contribution in [0, 0.1) is 22.7 Å². The Balaban J connectivity index is 1.79. The van der Waals surface area contributed by atoms with Crippen molar-refractivity contribution < 1.29 is 43.9 Å². The summed E-state index contributed by atoms with van der Waals surface area (Å²) in [7, 11) is 0. The van der Waals surface area contributed by atoms with Crippen molar-refractivity contribution >= 4 is 17.5 Å². The molecule has 0 spiro atoms. The van der Waals surface area contributed by atoms with E-state index in [4.69, 9.17) is 4.74 Å². The largest absolute Gasteiger partial charge is 0.458 e. The number of Topliss-reactive ketones (excluding diaryl/α,β-unsaturated/α-hetero) is 1. The monoisotopic (exact) mass is 454 g/mol. The number of esters is 1. The molecule has 32 heavy (non-hydrogen) atoms. The van der Waals surface area contributed by atoms with E-state index in [1.807, 2.05) is 0 Å². The quantitative estimate of drug-likeness (QED) is 0.449. The fourth-order valence-corrected chi connectivity index (χ4v) is 7.33. The predicted octanol–water partition coefficient (Wildman–Crippen LogP) is 0.386. The molecule has 3 saturated carbocycles. The average molecular weight is 454 g/mol. The number of hydrogen-bond acceptors (Lipinski definition) is 8. The smallest absolute Gasteiger partial charge is 0.303 e. The van der Waals surface area contributed by atoms with Crippen LogP contribution in [0.3, 0.4) is 0 Å². The molecule has 4 rings (SSSR count). The fraction of sp³-hybridized carbons (Fsp3) is 0.783. The van der Waals surface area contributed by atoms with Crippen molar-refractivity contribution in [2.45, 2.75) is 82.5 Å². The van der Waals surface area contributed by atoms with Crippen LogP contribution >= 0.6 is 0 Å². The van der Waals surface area contributed by atoms with Gasteiger partial charge in [-0.3, -0.25) is 14.4 Å². The van der Waals surface area contributed by atoms with Crippen LogP contribution in [0.4, 0.5) is 4.39 Å². The van der Waals surface area contributed by atoms with Gasteiger partial charge in [-0.1, -0.05) is 13.8 Å². The van der Waals surface area contributed by atoms with Crippen LogP contribution in [0.2, 0.25) is 0 Å². The Labute approximate surface area is 185 Å². The van der Waals surface area contributed by atoms with Gasteiger partial charge >= 0.3 is 5.97 Å². The first-order valence-corrected chi connectivity index (χ1v) is 11.1. The van der Waals surface area contributed by atoms with E-state index in [1.54, 1.807) is 13.8 Å². The van der Waals surface area contributed by atoms with Gasteiger partial charge in [-0.25, -0.2) is 4.39 Å². The van der Waals surface area contributed by atoms with E-state index >= 15 is 4.39 Å². The second-order valence-corrected chi connectivity index (χ2v) is 10.5. The molecule has 4 aliphatic rings. The number of alkyl halides is 1. The molecule has 9 heteroatoms. The minimum Gasteiger partial charge on any atom is -0.458 e. The number of carbonyl (C=O) groups is 3. The van der Waals surface area contributed by atoms with Crippen LogP contribution in [-0.2, 0) is 19.1 Å². The Bertz CT molecular complexity index is 902. The lowest BCUT2D eigenvalue weighted by atomic mass is 9.42. The summed E-state index contributed by atoms with van der Waals surface area (Å²) in [6.07, 6.45) is -3.60. The maximum absolute atomic E-state index is 17.1. The summed E-state index contributed by atoms with van der Waals surface area (Å²) in [4.78, 5) is 36.0. The summed E-state index contributed by atoms with van der Waals surface area (Å²) >= 11 is 0. The van der Waals surface area contributed by atoms with E-state index in [1.165, 1.54) is 6.08 Å². The number of aliphatic hydroxyl groups is 4. The zero-order chi connectivity index (χ0) is 23.9. The second-order valence-electron chi connectivity index (χ2n) is 10.5. The molecule has 0 heterocycles. The van der Waals surface area contributed by atoms with Crippen molar-refractivity contribution in [3.63, 3.8) is 0 Å². The van der Waals surface area contributed by atoms with E-state index in [9.17, 15) is 34.8 Å². The summed E-state index contributed by atoms with van der Waals surface area (Å²) in [6.45, 7) is 3.63. The molecule has 178 valence electrons. The van der Waals surface area contributed by atoms with Crippen LogP contribution in [-0.4, -0.2) is 74.2 Å². The highest BCUT2D eigenvalue weighted by Gasteiger charge is 2.77. The molecule has 9 atom stereocenters. The first-order chi connectivity index (χ1) is 14.7. The molecule has 4 aliphatic carbocycles. The number of fused-ring (bicyclic) bond motifs is 5. The molecule has 0 amide bonds. The first kappa shape index (κ1) is 23.5. The van der Waals surface area contributed by atoms with Gasteiger partial charge in [0.1, 0.15) is 11.7 Å². The molecular formula is C23H31FO8. The molecule has 3 fully saturated rings. The van der Waals surface area contributed by atoms with Gasteiger partial charge in [0, 0.05) is 30.1 Å². The minimum atomic E-state index is -2.37. The van der Waals surface area contributed by atoms with E-state index in [0.29, 0.717) is 0 Å². The highest BCUT2D eigenvalue weighted by molar-refractivity contribution is 5.92. The van der Waals surface area contributed by atoms with Crippen molar-refractivity contribution in [2.24, 2.45) is 22.7 Å². The number of ether oxygens (including phenoxy) is 1. The molecule has 0 aromatic rings. The van der Waals surface area contributed by atoms with Crippen molar-refractivity contribution in [3.8, 4) is 0 Å². The van der Waals surface area contributed by atoms with Gasteiger partial charge in [0.2, 0.25) is 5.78 Å². The van der Waals surface area contributed by atoms with Crippen LogP contribution in [0.1, 0.15) is 52.9 Å². The number of ketones is 2. The zero-order valence-corrected chi connectivity index (χ0v) is 18.5. The molecule has 0 aromatic heterocycles. The maximum Gasteiger partial charge on any atom is 0.303 e. The maximum atomic E-state index is 17.1. The fourth-order valence-electron chi connectivity index (χ4n) is 7.33. The lowest BCUT2D eigenvalue weighted by molar-refractivity contribution is -0.261. The van der Waals surface area contributed by atoms with Crippen LogP contribution in [0.25, 0.3) is 0 Å². The zero-order valence-electron chi connectivity index (χ0n) is 18.5. The van der Waals surface area contributed by atoms with Gasteiger partial charge in [0.15, 0.2) is 18.1 Å². The van der Waals surface area contributed by atoms with Crippen LogP contribution < -0.4 is 0 Å². The third kappa shape index (κ3) is 2.71. The van der Waals surface area contributed by atoms with Crippen molar-refractivity contribution in [1.29, 1.82) is 0 Å². The molecule has 4 N–H and O–H groups in total. The molecule has 0 saturated heterocycles. The minimum absolute atomic E-state index is 0.0473. The molecule has 8 nitrogen and oxygen atoms in total. The van der Waals surface area contributed by atoms with Gasteiger partial charge < -0.3 is 25.2 Å². The highest BCUT2D eigenvalue weighted by atomic mass is 19.1. The van der Waals surface area contributed by atoms with Gasteiger partial charge in [-0.15, -0.1) is 0 Å². The normalized spacial score (nSPS) is 50.1. The van der Waals surface area contributed by atoms with Crippen molar-refractivity contribution in [3.05, 3.63) is 11.6 Å². The highest BCUT2D eigenvalue weighted by Crippen LogP contribution is 2.70. The Morgan fingerprint density at radius 2 is 1.88 bits per heavy atom. The van der Waals surface area contributed by atoms with Gasteiger partial charge in [0.05, 0.1) is 12.2 Å². The number of rotatable bonds is 3. The molecule has 3 unspecified atom stereocenters. The van der Waals surface area contributed by atoms with E-state index in [-0.39, 0.29) is 43.5 Å². The number of aliphatic hydroxyl groups excluding tert-OH is 3. The Kier molecular flexibility index (Phi) is 5.25. The summed E-state index contributed by atoms with van der Waals surface area (Å²) in [5.74, 6) is -3.69. The third-order valence-electron chi connectivity index (χ3n) is 9.15. The first-order valence-electron chi connectivity index (χ1n) is 11.1. The summed E-state index contributed by atoms with van der Waals surface area (Å²) in [5.41, 5.74) is -6.96. The van der Waals surface area contributed by atoms with Crippen molar-refractivity contribution in [2.75, 3.05) is 6.61 Å². The molecule has 0 radical (unpaired) electrons. The lowest BCUT2D eigenvalue weighted by Crippen LogP contribution is -2.74. The SMILES string of the molecule is CC(=O)OCC(=O)[C@@]1(O)CC[C@H]2[C@@H]3C(O)C(O)C4=CC(=O)CC[C@]4(C)[C@@]3(F)C(O)C[C@@]21C. The lowest BCUT2D eigenvalue weighted by Gasteiger charge is -2.65. The predicted molar refractivity (Wildman–Crippen MR) is 108 cm³/mol. The topological polar surface area (TPSA) is 141 Å². The number of hydrogen-bond donors (Lipinski definition) is 4. The number of halogens is 1. The molecule has 0 aliphatic heterocycles. The van der Waals surface area contributed by atoms with Crippen molar-refractivity contribution in [1.82, 2.24) is 0 Å². The van der Waals surface area contributed by atoms with E-state index in [0.717, 1.165) is 6.92 Å². The summed E-state index contributed by atoms with van der Waals surface area (Å²) < 4.78 is 21.9.